The summed E-state index contributed by atoms with van der Waals surface area (Å²) < 4.78 is 0.816. The van der Waals surface area contributed by atoms with Crippen LogP contribution in [-0.2, 0) is 0 Å². The summed E-state index contributed by atoms with van der Waals surface area (Å²) in [6, 6.07) is 5.21. The van der Waals surface area contributed by atoms with Gasteiger partial charge in [0.05, 0.1) is 10.6 Å². The monoisotopic (exact) mass is 359 g/mol. The van der Waals surface area contributed by atoms with Crippen molar-refractivity contribution >= 4 is 39.3 Å². The van der Waals surface area contributed by atoms with Crippen molar-refractivity contribution in [2.45, 2.75) is 12.8 Å². The maximum absolute atomic E-state index is 12.4. The van der Waals surface area contributed by atoms with Crippen molar-refractivity contribution in [1.82, 2.24) is 4.90 Å². The lowest BCUT2D eigenvalue weighted by Crippen LogP contribution is -2.41. The average Bonchev–Trinajstić information content (AvgIpc) is 2.48. The number of carbonyl (C=O) groups excluding carboxylic acids is 1. The van der Waals surface area contributed by atoms with Crippen LogP contribution in [0.25, 0.3) is 0 Å². The number of nitrogens with zero attached hydrogens (tertiary/aromatic N) is 2. The molecule has 20 heavy (non-hydrogen) atoms. The third kappa shape index (κ3) is 3.24. The van der Waals surface area contributed by atoms with Crippen LogP contribution in [-0.4, -0.2) is 34.9 Å². The van der Waals surface area contributed by atoms with Gasteiger partial charge in [0.25, 0.3) is 5.91 Å². The lowest BCUT2D eigenvalue weighted by molar-refractivity contribution is 0.0709. The summed E-state index contributed by atoms with van der Waals surface area (Å²) in [5, 5.41) is 12.1. The second-order valence-corrected chi connectivity index (χ2v) is 6.04. The van der Waals surface area contributed by atoms with E-state index in [1.807, 2.05) is 0 Å². The molecule has 5 nitrogen and oxygen atoms in total. The fourth-order valence-electron chi connectivity index (χ4n) is 2.29. The maximum atomic E-state index is 12.4. The van der Waals surface area contributed by atoms with Crippen LogP contribution in [0.2, 0.25) is 5.02 Å². The minimum absolute atomic E-state index is 0.0297. The van der Waals surface area contributed by atoms with Crippen molar-refractivity contribution < 1.29 is 10.0 Å². The van der Waals surface area contributed by atoms with Gasteiger partial charge in [0.15, 0.2) is 0 Å². The number of carbonyl (C=O) groups is 1. The van der Waals surface area contributed by atoms with Crippen LogP contribution in [0.15, 0.2) is 27.8 Å². The maximum Gasteiger partial charge on any atom is 0.255 e. The molecule has 0 saturated carbocycles. The van der Waals surface area contributed by atoms with Gasteiger partial charge in [0, 0.05) is 23.5 Å². The third-order valence-electron chi connectivity index (χ3n) is 3.47. The summed E-state index contributed by atoms with van der Waals surface area (Å²) in [7, 11) is 0. The highest BCUT2D eigenvalue weighted by molar-refractivity contribution is 9.10. The smallest absolute Gasteiger partial charge is 0.255 e. The molecule has 1 heterocycles. The number of likely N-dealkylation sites (tertiary alicyclic amines) is 1. The number of benzene rings is 1. The Bertz CT molecular complexity index is 542. The van der Waals surface area contributed by atoms with E-state index in [1.165, 1.54) is 0 Å². The highest BCUT2D eigenvalue weighted by Gasteiger charge is 2.26. The van der Waals surface area contributed by atoms with E-state index < -0.39 is 0 Å². The molecule has 2 rings (SSSR count). The molecule has 0 aromatic heterocycles. The number of hydrogen-bond acceptors (Lipinski definition) is 3. The first kappa shape index (κ1) is 15.1. The van der Waals surface area contributed by atoms with Gasteiger partial charge < -0.3 is 15.8 Å². The molecular weight excluding hydrogens is 346 g/mol. The molecule has 3 N–H and O–H groups in total. The van der Waals surface area contributed by atoms with E-state index in [9.17, 15) is 4.79 Å². The van der Waals surface area contributed by atoms with Gasteiger partial charge in [-0.15, -0.1) is 0 Å². The minimum Gasteiger partial charge on any atom is -0.409 e. The molecule has 1 saturated heterocycles. The first-order valence-electron chi connectivity index (χ1n) is 6.24. The molecule has 0 aliphatic carbocycles. The quantitative estimate of drug-likeness (QED) is 0.368. The number of oxime groups is 1. The molecule has 108 valence electrons. The number of piperidine rings is 1. The SMILES string of the molecule is NC(=NO)C1CCN(C(=O)c2cc(Br)ccc2Cl)CC1. The lowest BCUT2D eigenvalue weighted by atomic mass is 9.95. The zero-order valence-electron chi connectivity index (χ0n) is 10.7. The third-order valence-corrected chi connectivity index (χ3v) is 4.30. The predicted octanol–water partition coefficient (Wildman–Crippen LogP) is 2.70. The number of nitrogens with two attached hydrogens (primary N) is 1. The molecule has 1 aromatic rings. The summed E-state index contributed by atoms with van der Waals surface area (Å²) in [4.78, 5) is 14.2. The second-order valence-electron chi connectivity index (χ2n) is 4.72. The van der Waals surface area contributed by atoms with Gasteiger partial charge in [-0.25, -0.2) is 0 Å². The molecule has 0 unspecified atom stereocenters. The molecule has 0 spiro atoms. The van der Waals surface area contributed by atoms with Gasteiger partial charge in [-0.3, -0.25) is 4.79 Å². The van der Waals surface area contributed by atoms with Crippen molar-refractivity contribution in [3.05, 3.63) is 33.3 Å². The Hall–Kier alpha value is -1.27. The predicted molar refractivity (Wildman–Crippen MR) is 81.2 cm³/mol. The summed E-state index contributed by atoms with van der Waals surface area (Å²) >= 11 is 9.41. The van der Waals surface area contributed by atoms with Gasteiger partial charge in [-0.1, -0.05) is 32.7 Å². The Morgan fingerprint density at radius 1 is 1.45 bits per heavy atom. The Kier molecular flexibility index (Phi) is 4.88. The fraction of sp³-hybridized carbons (Fsp3) is 0.385. The largest absolute Gasteiger partial charge is 0.409 e. The first-order chi connectivity index (χ1) is 9.52. The molecular formula is C13H15BrClN3O2. The van der Waals surface area contributed by atoms with E-state index in [4.69, 9.17) is 22.5 Å². The van der Waals surface area contributed by atoms with Crippen molar-refractivity contribution in [3.63, 3.8) is 0 Å². The van der Waals surface area contributed by atoms with Crippen LogP contribution in [0.1, 0.15) is 23.2 Å². The number of hydrogen-bond donors (Lipinski definition) is 2. The van der Waals surface area contributed by atoms with Crippen molar-refractivity contribution in [2.75, 3.05) is 13.1 Å². The molecule has 0 atom stereocenters. The summed E-state index contributed by atoms with van der Waals surface area (Å²) in [6.45, 7) is 1.14. The molecule has 1 aromatic carbocycles. The molecule has 7 heteroatoms. The van der Waals surface area contributed by atoms with Crippen LogP contribution < -0.4 is 5.73 Å². The van der Waals surface area contributed by atoms with Crippen LogP contribution in [0, 0.1) is 5.92 Å². The van der Waals surface area contributed by atoms with Gasteiger partial charge in [-0.2, -0.15) is 0 Å². The van der Waals surface area contributed by atoms with Crippen LogP contribution in [0.5, 0.6) is 0 Å². The highest BCUT2D eigenvalue weighted by atomic mass is 79.9. The summed E-state index contributed by atoms with van der Waals surface area (Å²) in [6.07, 6.45) is 1.38. The van der Waals surface area contributed by atoms with E-state index in [1.54, 1.807) is 23.1 Å². The Balaban J connectivity index is 2.07. The molecule has 0 bridgehead atoms. The van der Waals surface area contributed by atoms with Crippen molar-refractivity contribution in [1.29, 1.82) is 0 Å². The molecule has 1 aliphatic rings. The van der Waals surface area contributed by atoms with E-state index >= 15 is 0 Å². The summed E-state index contributed by atoms with van der Waals surface area (Å²) in [5.74, 6) is 0.175. The number of amides is 1. The van der Waals surface area contributed by atoms with Gasteiger partial charge in [0.1, 0.15) is 5.84 Å². The van der Waals surface area contributed by atoms with E-state index in [2.05, 4.69) is 21.1 Å². The zero-order valence-corrected chi connectivity index (χ0v) is 13.1. The second kappa shape index (κ2) is 6.45. The summed E-state index contributed by atoms with van der Waals surface area (Å²) in [5.41, 5.74) is 6.08. The fourth-order valence-corrected chi connectivity index (χ4v) is 2.85. The van der Waals surface area contributed by atoms with Gasteiger partial charge in [-0.05, 0) is 31.0 Å². The number of amidine groups is 1. The number of halogens is 2. The van der Waals surface area contributed by atoms with Crippen LogP contribution in [0.3, 0.4) is 0 Å². The number of rotatable bonds is 2. The Morgan fingerprint density at radius 2 is 2.10 bits per heavy atom. The first-order valence-corrected chi connectivity index (χ1v) is 7.41. The van der Waals surface area contributed by atoms with E-state index in [0.717, 1.165) is 4.47 Å². The Labute approximate surface area is 130 Å². The molecule has 1 amide bonds. The molecule has 0 radical (unpaired) electrons. The van der Waals surface area contributed by atoms with E-state index in [0.29, 0.717) is 36.5 Å². The minimum atomic E-state index is -0.0886. The molecule has 1 fully saturated rings. The normalized spacial score (nSPS) is 17.3. The van der Waals surface area contributed by atoms with Crippen molar-refractivity contribution in [2.24, 2.45) is 16.8 Å². The topological polar surface area (TPSA) is 78.9 Å². The van der Waals surface area contributed by atoms with Gasteiger partial charge >= 0.3 is 0 Å². The van der Waals surface area contributed by atoms with E-state index in [-0.39, 0.29) is 17.7 Å². The van der Waals surface area contributed by atoms with Crippen LogP contribution >= 0.6 is 27.5 Å². The zero-order chi connectivity index (χ0) is 14.7. The standard InChI is InChI=1S/C13H15BrClN3O2/c14-9-1-2-11(15)10(7-9)13(19)18-5-3-8(4-6-18)12(16)17-20/h1-2,7-8,20H,3-6H2,(H2,16,17). The van der Waals surface area contributed by atoms with Crippen LogP contribution in [0.4, 0.5) is 0 Å². The Morgan fingerprint density at radius 3 is 2.70 bits per heavy atom. The lowest BCUT2D eigenvalue weighted by Gasteiger charge is -2.31. The average molecular weight is 361 g/mol. The molecule has 1 aliphatic heterocycles. The highest BCUT2D eigenvalue weighted by Crippen LogP contribution is 2.25. The van der Waals surface area contributed by atoms with Crippen molar-refractivity contribution in [3.8, 4) is 0 Å². The van der Waals surface area contributed by atoms with Gasteiger partial charge in [0.2, 0.25) is 0 Å².